The van der Waals surface area contributed by atoms with Gasteiger partial charge in [0.2, 0.25) is 0 Å². The van der Waals surface area contributed by atoms with Crippen molar-refractivity contribution in [2.45, 2.75) is 18.9 Å². The van der Waals surface area contributed by atoms with Gasteiger partial charge in [0.05, 0.1) is 18.7 Å². The molecule has 1 aromatic carbocycles. The van der Waals surface area contributed by atoms with Crippen LogP contribution in [0, 0.1) is 0 Å². The number of guanidine groups is 1. The van der Waals surface area contributed by atoms with E-state index >= 15 is 0 Å². The smallest absolute Gasteiger partial charge is 0.192 e. The molecule has 1 unspecified atom stereocenters. The molecule has 0 aliphatic carbocycles. The third-order valence-corrected chi connectivity index (χ3v) is 4.25. The average molecular weight is 326 g/mol. The molecule has 2 N–H and O–H groups in total. The fourth-order valence-corrected chi connectivity index (χ4v) is 3.04. The number of benzene rings is 1. The number of rotatable bonds is 5. The van der Waals surface area contributed by atoms with Crippen LogP contribution in [0.15, 0.2) is 33.7 Å². The van der Waals surface area contributed by atoms with Gasteiger partial charge in [-0.15, -0.1) is 0 Å². The number of ether oxygens (including phenoxy) is 1. The summed E-state index contributed by atoms with van der Waals surface area (Å²) in [5, 5.41) is 0. The largest absolute Gasteiger partial charge is 0.383 e. The van der Waals surface area contributed by atoms with Gasteiger partial charge in [-0.2, -0.15) is 0 Å². The fourth-order valence-electron chi connectivity index (χ4n) is 2.64. The molecular weight excluding hydrogens is 306 g/mol. The first-order valence-corrected chi connectivity index (χ1v) is 7.26. The summed E-state index contributed by atoms with van der Waals surface area (Å²) in [6.45, 7) is 4.28. The Hall–Kier alpha value is -1.07. The first-order chi connectivity index (χ1) is 9.14. The van der Waals surface area contributed by atoms with Crippen LogP contribution >= 0.6 is 15.9 Å². The van der Waals surface area contributed by atoms with Gasteiger partial charge in [-0.3, -0.25) is 4.99 Å². The van der Waals surface area contributed by atoms with Crippen LogP contribution in [-0.2, 0) is 10.3 Å². The Balaban J connectivity index is 2.36. The van der Waals surface area contributed by atoms with Crippen molar-refractivity contribution in [3.63, 3.8) is 0 Å². The van der Waals surface area contributed by atoms with Gasteiger partial charge in [0.1, 0.15) is 0 Å². The van der Waals surface area contributed by atoms with Crippen LogP contribution in [-0.4, -0.2) is 37.7 Å². The molecular formula is C14H20BrN3O. The topological polar surface area (TPSA) is 50.8 Å². The number of nitrogens with zero attached hydrogens (tertiary/aromatic N) is 2. The second-order valence-electron chi connectivity index (χ2n) is 4.71. The van der Waals surface area contributed by atoms with E-state index in [1.54, 1.807) is 7.11 Å². The third-order valence-electron chi connectivity index (χ3n) is 3.76. The zero-order valence-corrected chi connectivity index (χ0v) is 13.0. The van der Waals surface area contributed by atoms with E-state index in [0.717, 1.165) is 17.4 Å². The molecule has 0 fully saturated rings. The lowest BCUT2D eigenvalue weighted by molar-refractivity contribution is 0.125. The number of hydrogen-bond donors (Lipinski definition) is 1. The minimum absolute atomic E-state index is 0.146. The quantitative estimate of drug-likeness (QED) is 0.903. The van der Waals surface area contributed by atoms with E-state index in [1.807, 2.05) is 6.07 Å². The summed E-state index contributed by atoms with van der Waals surface area (Å²) >= 11 is 3.54. The van der Waals surface area contributed by atoms with Crippen LogP contribution in [0.1, 0.15) is 18.9 Å². The van der Waals surface area contributed by atoms with E-state index < -0.39 is 0 Å². The van der Waals surface area contributed by atoms with Crippen molar-refractivity contribution in [3.05, 3.63) is 34.3 Å². The molecule has 1 aromatic rings. The summed E-state index contributed by atoms with van der Waals surface area (Å²) in [7, 11) is 1.70. The highest BCUT2D eigenvalue weighted by Gasteiger charge is 2.42. The van der Waals surface area contributed by atoms with Crippen LogP contribution in [0.2, 0.25) is 0 Å². The first-order valence-electron chi connectivity index (χ1n) is 6.46. The third kappa shape index (κ3) is 2.62. The molecule has 0 bridgehead atoms. The van der Waals surface area contributed by atoms with E-state index in [4.69, 9.17) is 10.5 Å². The second-order valence-corrected chi connectivity index (χ2v) is 5.63. The van der Waals surface area contributed by atoms with Crippen molar-refractivity contribution >= 4 is 21.9 Å². The van der Waals surface area contributed by atoms with Crippen molar-refractivity contribution in [2.24, 2.45) is 10.7 Å². The minimum Gasteiger partial charge on any atom is -0.383 e. The molecule has 1 aliphatic rings. The van der Waals surface area contributed by atoms with E-state index in [1.165, 1.54) is 5.56 Å². The summed E-state index contributed by atoms with van der Waals surface area (Å²) in [5.74, 6) is 0.610. The Morgan fingerprint density at radius 1 is 1.53 bits per heavy atom. The Kier molecular flexibility index (Phi) is 4.47. The highest BCUT2D eigenvalue weighted by molar-refractivity contribution is 9.10. The molecule has 1 aliphatic heterocycles. The van der Waals surface area contributed by atoms with Crippen LogP contribution in [0.5, 0.6) is 0 Å². The summed E-state index contributed by atoms with van der Waals surface area (Å²) in [6, 6.07) is 8.38. The van der Waals surface area contributed by atoms with Crippen molar-refractivity contribution < 1.29 is 4.74 Å². The van der Waals surface area contributed by atoms with Gasteiger partial charge in [-0.25, -0.2) is 0 Å². The molecule has 0 aromatic heterocycles. The standard InChI is InChI=1S/C14H20BrN3O/c1-3-14(11-5-4-6-12(15)9-11)10-17-13(16)18(14)7-8-19-2/h4-6,9H,3,7-8,10H2,1-2H3,(H2,16,17). The van der Waals surface area contributed by atoms with Crippen LogP contribution < -0.4 is 5.73 Å². The molecule has 1 heterocycles. The summed E-state index contributed by atoms with van der Waals surface area (Å²) in [5.41, 5.74) is 7.15. The molecule has 0 saturated heterocycles. The number of methoxy groups -OCH3 is 1. The van der Waals surface area contributed by atoms with E-state index in [-0.39, 0.29) is 5.54 Å². The Bertz CT molecular complexity index is 478. The van der Waals surface area contributed by atoms with Crippen molar-refractivity contribution in [1.29, 1.82) is 0 Å². The molecule has 4 nitrogen and oxygen atoms in total. The Morgan fingerprint density at radius 3 is 2.95 bits per heavy atom. The van der Waals surface area contributed by atoms with Gasteiger partial charge in [0.25, 0.3) is 0 Å². The molecule has 5 heteroatoms. The maximum Gasteiger partial charge on any atom is 0.192 e. The SMILES string of the molecule is CCC1(c2cccc(Br)c2)CN=C(N)N1CCOC. The van der Waals surface area contributed by atoms with Gasteiger partial charge in [0, 0.05) is 18.1 Å². The number of aliphatic imine (C=N–C) groups is 1. The van der Waals surface area contributed by atoms with Crippen LogP contribution in [0.4, 0.5) is 0 Å². The zero-order valence-electron chi connectivity index (χ0n) is 11.4. The molecule has 0 radical (unpaired) electrons. The van der Waals surface area contributed by atoms with E-state index in [0.29, 0.717) is 19.1 Å². The van der Waals surface area contributed by atoms with Gasteiger partial charge in [0.15, 0.2) is 5.96 Å². The lowest BCUT2D eigenvalue weighted by Gasteiger charge is -2.39. The summed E-state index contributed by atoms with van der Waals surface area (Å²) in [6.07, 6.45) is 0.956. The van der Waals surface area contributed by atoms with Crippen LogP contribution in [0.25, 0.3) is 0 Å². The second kappa shape index (κ2) is 5.92. The minimum atomic E-state index is -0.146. The highest BCUT2D eigenvalue weighted by atomic mass is 79.9. The first kappa shape index (κ1) is 14.3. The number of nitrogens with two attached hydrogens (primary N) is 1. The van der Waals surface area contributed by atoms with Crippen LogP contribution in [0.3, 0.4) is 0 Å². The zero-order chi connectivity index (χ0) is 13.9. The maximum atomic E-state index is 6.05. The molecule has 2 rings (SSSR count). The normalized spacial score (nSPS) is 22.7. The van der Waals surface area contributed by atoms with Crippen molar-refractivity contribution in [1.82, 2.24) is 4.90 Å². The molecule has 0 amide bonds. The Morgan fingerprint density at radius 2 is 2.32 bits per heavy atom. The van der Waals surface area contributed by atoms with Crippen molar-refractivity contribution in [3.8, 4) is 0 Å². The highest BCUT2D eigenvalue weighted by Crippen LogP contribution is 2.36. The van der Waals surface area contributed by atoms with Crippen molar-refractivity contribution in [2.75, 3.05) is 26.8 Å². The predicted molar refractivity (Wildman–Crippen MR) is 81.2 cm³/mol. The molecule has 104 valence electrons. The van der Waals surface area contributed by atoms with E-state index in [9.17, 15) is 0 Å². The number of halogens is 1. The van der Waals surface area contributed by atoms with Gasteiger partial charge >= 0.3 is 0 Å². The summed E-state index contributed by atoms with van der Waals surface area (Å²) < 4.78 is 6.27. The van der Waals surface area contributed by atoms with Gasteiger partial charge in [-0.1, -0.05) is 35.0 Å². The Labute approximate surface area is 122 Å². The molecule has 0 saturated carbocycles. The monoisotopic (exact) mass is 325 g/mol. The van der Waals surface area contributed by atoms with E-state index in [2.05, 4.69) is 50.9 Å². The molecule has 19 heavy (non-hydrogen) atoms. The average Bonchev–Trinajstić information content (AvgIpc) is 2.74. The maximum absolute atomic E-state index is 6.05. The molecule has 0 spiro atoms. The van der Waals surface area contributed by atoms with Gasteiger partial charge in [-0.05, 0) is 24.1 Å². The number of hydrogen-bond acceptors (Lipinski definition) is 4. The molecule has 1 atom stereocenters. The lowest BCUT2D eigenvalue weighted by atomic mass is 9.86. The predicted octanol–water partition coefficient (Wildman–Crippen LogP) is 2.33. The lowest BCUT2D eigenvalue weighted by Crippen LogP contribution is -2.50. The summed E-state index contributed by atoms with van der Waals surface area (Å²) in [4.78, 5) is 6.62. The van der Waals surface area contributed by atoms with Gasteiger partial charge < -0.3 is 15.4 Å². The fraction of sp³-hybridized carbons (Fsp3) is 0.500.